The number of aromatic amines is 1. The first-order valence-corrected chi connectivity index (χ1v) is 16.9. The SMILES string of the molecule is Nc1c(Br)cc(C[C@H](NC(=O)N2CCC(n3cc(-c4ccccc4)[nH]c3=O)CC2)C(=O)N2CCN(c3cccnc3)CC2)cc1Br. The monoisotopic (exact) mass is 750 g/mol. The quantitative estimate of drug-likeness (QED) is 0.236. The molecule has 1 atom stereocenters. The molecule has 4 N–H and O–H groups in total. The zero-order valence-electron chi connectivity index (χ0n) is 25.2. The number of nitrogen functional groups attached to an aromatic ring is 1. The van der Waals surface area contributed by atoms with Gasteiger partial charge in [0.1, 0.15) is 6.04 Å². The van der Waals surface area contributed by atoms with Gasteiger partial charge in [0, 0.05) is 73.1 Å². The first-order valence-electron chi connectivity index (χ1n) is 15.4. The summed E-state index contributed by atoms with van der Waals surface area (Å²) in [5.74, 6) is -0.120. The lowest BCUT2D eigenvalue weighted by molar-refractivity contribution is -0.133. The van der Waals surface area contributed by atoms with Gasteiger partial charge in [-0.2, -0.15) is 0 Å². The number of hydrogen-bond donors (Lipinski definition) is 3. The molecule has 4 heterocycles. The third kappa shape index (κ3) is 7.15. The summed E-state index contributed by atoms with van der Waals surface area (Å²) >= 11 is 7.01. The highest BCUT2D eigenvalue weighted by Crippen LogP contribution is 2.30. The fourth-order valence-corrected chi connectivity index (χ4v) is 7.45. The maximum atomic E-state index is 14.0. The summed E-state index contributed by atoms with van der Waals surface area (Å²) in [6.07, 6.45) is 7.01. The minimum Gasteiger partial charge on any atom is -0.397 e. The normalized spacial score (nSPS) is 16.3. The van der Waals surface area contributed by atoms with Crippen molar-refractivity contribution in [1.82, 2.24) is 29.7 Å². The van der Waals surface area contributed by atoms with Gasteiger partial charge in [-0.3, -0.25) is 14.3 Å². The van der Waals surface area contributed by atoms with Crippen molar-refractivity contribution in [3.63, 3.8) is 0 Å². The number of piperazine rings is 1. The number of rotatable bonds is 7. The largest absolute Gasteiger partial charge is 0.397 e. The third-order valence-corrected chi connectivity index (χ3v) is 10.1. The van der Waals surface area contributed by atoms with E-state index >= 15 is 0 Å². The van der Waals surface area contributed by atoms with Gasteiger partial charge in [0.25, 0.3) is 0 Å². The molecule has 0 saturated carbocycles. The second kappa shape index (κ2) is 14.1. The Balaban J connectivity index is 1.12. The predicted octanol–water partition coefficient (Wildman–Crippen LogP) is 4.65. The van der Waals surface area contributed by atoms with Gasteiger partial charge in [0.2, 0.25) is 5.91 Å². The van der Waals surface area contributed by atoms with E-state index in [0.717, 1.165) is 31.5 Å². The molecule has 4 aromatic rings. The molecule has 2 aromatic carbocycles. The van der Waals surface area contributed by atoms with Crippen LogP contribution >= 0.6 is 31.9 Å². The van der Waals surface area contributed by atoms with Crippen molar-refractivity contribution >= 4 is 55.2 Å². The van der Waals surface area contributed by atoms with E-state index < -0.39 is 6.04 Å². The molecule has 46 heavy (non-hydrogen) atoms. The van der Waals surface area contributed by atoms with Gasteiger partial charge in [-0.05, 0) is 80.1 Å². The van der Waals surface area contributed by atoms with Gasteiger partial charge in [0.05, 0.1) is 23.3 Å². The molecule has 2 aliphatic heterocycles. The number of nitrogens with zero attached hydrogens (tertiary/aromatic N) is 5. The Morgan fingerprint density at radius 1 is 0.957 bits per heavy atom. The second-order valence-corrected chi connectivity index (χ2v) is 13.4. The molecule has 6 rings (SSSR count). The number of hydrogen-bond acceptors (Lipinski definition) is 6. The van der Waals surface area contributed by atoms with E-state index in [-0.39, 0.29) is 23.7 Å². The number of aromatic nitrogens is 3. The van der Waals surface area contributed by atoms with Crippen molar-refractivity contribution in [3.8, 4) is 11.3 Å². The lowest BCUT2D eigenvalue weighted by Gasteiger charge is -2.38. The summed E-state index contributed by atoms with van der Waals surface area (Å²) in [4.78, 5) is 53.3. The van der Waals surface area contributed by atoms with E-state index in [1.54, 1.807) is 15.7 Å². The molecule has 0 bridgehead atoms. The molecule has 11 nitrogen and oxygen atoms in total. The molecule has 0 unspecified atom stereocenters. The number of halogens is 2. The number of anilines is 2. The van der Waals surface area contributed by atoms with Crippen molar-refractivity contribution in [3.05, 3.63) is 98.2 Å². The summed E-state index contributed by atoms with van der Waals surface area (Å²) in [6, 6.07) is 16.4. The summed E-state index contributed by atoms with van der Waals surface area (Å²) in [5, 5.41) is 3.06. The maximum absolute atomic E-state index is 14.0. The summed E-state index contributed by atoms with van der Waals surface area (Å²) in [5.41, 5.74) is 10.1. The molecule has 2 fully saturated rings. The molecule has 13 heteroatoms. The number of benzene rings is 2. The number of amides is 3. The Kier molecular flexibility index (Phi) is 9.78. The number of pyridine rings is 1. The highest BCUT2D eigenvalue weighted by atomic mass is 79.9. The number of nitrogens with one attached hydrogen (secondary N) is 2. The van der Waals surface area contributed by atoms with Crippen LogP contribution in [0.4, 0.5) is 16.2 Å². The fraction of sp³-hybridized carbons (Fsp3) is 0.333. The van der Waals surface area contributed by atoms with E-state index in [0.29, 0.717) is 64.2 Å². The third-order valence-electron chi connectivity index (χ3n) is 8.75. The molecule has 0 spiro atoms. The zero-order valence-corrected chi connectivity index (χ0v) is 28.4. The smallest absolute Gasteiger partial charge is 0.326 e. The Hall–Kier alpha value is -4.10. The number of urea groups is 1. The Morgan fingerprint density at radius 2 is 1.65 bits per heavy atom. The van der Waals surface area contributed by atoms with Crippen LogP contribution in [0.3, 0.4) is 0 Å². The van der Waals surface area contributed by atoms with Gasteiger partial charge in [-0.15, -0.1) is 0 Å². The second-order valence-electron chi connectivity index (χ2n) is 11.7. The Labute approximate surface area is 284 Å². The van der Waals surface area contributed by atoms with Crippen molar-refractivity contribution < 1.29 is 9.59 Å². The van der Waals surface area contributed by atoms with Crippen LogP contribution in [-0.2, 0) is 11.2 Å². The first kappa shape index (κ1) is 31.9. The van der Waals surface area contributed by atoms with E-state index in [4.69, 9.17) is 5.73 Å². The van der Waals surface area contributed by atoms with Crippen LogP contribution in [0.25, 0.3) is 11.3 Å². The molecule has 0 radical (unpaired) electrons. The minimum absolute atomic E-state index is 0.0247. The van der Waals surface area contributed by atoms with Crippen LogP contribution in [0.2, 0.25) is 0 Å². The number of likely N-dealkylation sites (tertiary alicyclic amines) is 1. The minimum atomic E-state index is -0.765. The van der Waals surface area contributed by atoms with E-state index in [9.17, 15) is 14.4 Å². The van der Waals surface area contributed by atoms with Crippen molar-refractivity contribution in [2.45, 2.75) is 31.3 Å². The van der Waals surface area contributed by atoms with Gasteiger partial charge in [-0.25, -0.2) is 9.59 Å². The number of nitrogens with two attached hydrogens (primary N) is 1. The van der Waals surface area contributed by atoms with Gasteiger partial charge in [0.15, 0.2) is 0 Å². The number of piperidine rings is 1. The highest BCUT2D eigenvalue weighted by Gasteiger charge is 2.32. The average Bonchev–Trinajstić information content (AvgIpc) is 3.48. The number of carbonyl (C=O) groups is 2. The standard InChI is InChI=1S/C33H36Br2N8O3/c34-26-17-22(18-27(35)30(26)36)19-28(31(44)41-15-13-40(14-16-41)25-7-4-10-37-20-25)38-32(45)42-11-8-24(9-12-42)43-21-29(39-33(43)46)23-5-2-1-3-6-23/h1-7,10,17-18,20-21,24,28H,8-9,11-16,19,36H2,(H,38,45)(H,39,46)/t28-/m0/s1. The average molecular weight is 753 g/mol. The highest BCUT2D eigenvalue weighted by molar-refractivity contribution is 9.11. The Bertz CT molecular complexity index is 1710. The summed E-state index contributed by atoms with van der Waals surface area (Å²) in [7, 11) is 0. The van der Waals surface area contributed by atoms with Crippen LogP contribution in [0.15, 0.2) is 86.9 Å². The van der Waals surface area contributed by atoms with Crippen LogP contribution in [0.1, 0.15) is 24.4 Å². The summed E-state index contributed by atoms with van der Waals surface area (Å²) < 4.78 is 3.18. The number of imidazole rings is 1. The molecule has 2 saturated heterocycles. The van der Waals surface area contributed by atoms with Gasteiger partial charge < -0.3 is 30.7 Å². The lowest BCUT2D eigenvalue weighted by Crippen LogP contribution is -2.57. The van der Waals surface area contributed by atoms with Crippen molar-refractivity contribution in [1.29, 1.82) is 0 Å². The molecule has 3 amide bonds. The van der Waals surface area contributed by atoms with Gasteiger partial charge >= 0.3 is 11.7 Å². The van der Waals surface area contributed by atoms with E-state index in [2.05, 4.69) is 52.0 Å². The molecular weight excluding hydrogens is 716 g/mol. The topological polar surface area (TPSA) is 133 Å². The molecule has 2 aromatic heterocycles. The molecule has 2 aliphatic rings. The zero-order chi connectivity index (χ0) is 32.2. The van der Waals surface area contributed by atoms with E-state index in [1.165, 1.54) is 0 Å². The predicted molar refractivity (Wildman–Crippen MR) is 186 cm³/mol. The Morgan fingerprint density at radius 3 is 2.30 bits per heavy atom. The van der Waals surface area contributed by atoms with Gasteiger partial charge in [-0.1, -0.05) is 30.3 Å². The fourth-order valence-electron chi connectivity index (χ4n) is 6.17. The molecule has 240 valence electrons. The number of carbonyl (C=O) groups excluding carboxylic acids is 2. The lowest BCUT2D eigenvalue weighted by atomic mass is 10.0. The van der Waals surface area contributed by atoms with Crippen molar-refractivity contribution in [2.75, 3.05) is 49.9 Å². The van der Waals surface area contributed by atoms with Crippen molar-refractivity contribution in [2.24, 2.45) is 0 Å². The molecule has 0 aliphatic carbocycles. The van der Waals surface area contributed by atoms with E-state index in [1.807, 2.05) is 71.9 Å². The van der Waals surface area contributed by atoms with Crippen LogP contribution in [0.5, 0.6) is 0 Å². The van der Waals surface area contributed by atoms with Crippen LogP contribution < -0.4 is 21.6 Å². The first-order chi connectivity index (χ1) is 22.3. The van der Waals surface area contributed by atoms with Crippen LogP contribution in [0, 0.1) is 0 Å². The molecular formula is C33H36Br2N8O3. The van der Waals surface area contributed by atoms with Crippen LogP contribution in [-0.4, -0.2) is 81.6 Å². The summed E-state index contributed by atoms with van der Waals surface area (Å²) in [6.45, 7) is 3.37. The maximum Gasteiger partial charge on any atom is 0.326 e. The number of H-pyrrole nitrogens is 1.